The molecule has 3 nitrogen and oxygen atoms in total. The lowest BCUT2D eigenvalue weighted by atomic mass is 10.00. The smallest absolute Gasteiger partial charge is 0.302 e. The molecule has 23 heavy (non-hydrogen) atoms. The van der Waals surface area contributed by atoms with Gasteiger partial charge in [0.05, 0.1) is 0 Å². The lowest BCUT2D eigenvalue weighted by Gasteiger charge is -2.10. The van der Waals surface area contributed by atoms with Crippen molar-refractivity contribution in [2.45, 2.75) is 38.7 Å². The van der Waals surface area contributed by atoms with E-state index >= 15 is 0 Å². The molecule has 0 atom stereocenters. The second-order valence-electron chi connectivity index (χ2n) is 6.05. The first-order valence-corrected chi connectivity index (χ1v) is 7.75. The fourth-order valence-corrected chi connectivity index (χ4v) is 2.65. The lowest BCUT2D eigenvalue weighted by molar-refractivity contribution is -0.142. The van der Waals surface area contributed by atoms with Crippen LogP contribution >= 0.6 is 0 Å². The van der Waals surface area contributed by atoms with Crippen molar-refractivity contribution in [2.75, 3.05) is 0 Å². The largest absolute Gasteiger partial charge is 0.508 e. The Kier molecular flexibility index (Phi) is 4.33. The van der Waals surface area contributed by atoms with Crippen LogP contribution in [0.1, 0.15) is 47.9 Å². The summed E-state index contributed by atoms with van der Waals surface area (Å²) in [7, 11) is 0. The molecule has 4 heteroatoms. The van der Waals surface area contributed by atoms with Crippen LogP contribution in [0.4, 0.5) is 4.39 Å². The summed E-state index contributed by atoms with van der Waals surface area (Å²) in [6.07, 6.45) is 2.83. The van der Waals surface area contributed by atoms with Crippen molar-refractivity contribution >= 4 is 5.97 Å². The van der Waals surface area contributed by atoms with Crippen LogP contribution in [0.2, 0.25) is 0 Å². The van der Waals surface area contributed by atoms with Crippen LogP contribution in [0.25, 0.3) is 0 Å². The molecule has 2 aromatic rings. The summed E-state index contributed by atoms with van der Waals surface area (Å²) in [5.41, 5.74) is 2.98. The minimum atomic E-state index is -0.488. The molecule has 3 rings (SSSR count). The van der Waals surface area contributed by atoms with Crippen LogP contribution in [0.3, 0.4) is 0 Å². The molecule has 120 valence electrons. The SMILES string of the molecule is CC(=O)OCc1cc(O)c(Cc2ccc(C3CC3)cc2)c(F)c1. The van der Waals surface area contributed by atoms with E-state index in [1.165, 1.54) is 37.5 Å². The number of ether oxygens (including phenoxy) is 1. The normalized spacial score (nSPS) is 13.8. The Hall–Kier alpha value is -2.36. The van der Waals surface area contributed by atoms with E-state index in [9.17, 15) is 14.3 Å². The Labute approximate surface area is 134 Å². The summed E-state index contributed by atoms with van der Waals surface area (Å²) < 4.78 is 19.1. The molecule has 2 aromatic carbocycles. The zero-order valence-electron chi connectivity index (χ0n) is 13.0. The summed E-state index contributed by atoms with van der Waals surface area (Å²) in [4.78, 5) is 10.8. The number of carbonyl (C=O) groups is 1. The van der Waals surface area contributed by atoms with Crippen molar-refractivity contribution in [1.82, 2.24) is 0 Å². The number of phenols is 1. The van der Waals surface area contributed by atoms with Gasteiger partial charge in [0.2, 0.25) is 0 Å². The minimum Gasteiger partial charge on any atom is -0.508 e. The summed E-state index contributed by atoms with van der Waals surface area (Å²) in [5.74, 6) is -0.351. The van der Waals surface area contributed by atoms with Gasteiger partial charge in [-0.2, -0.15) is 0 Å². The standard InChI is InChI=1S/C19H19FO3/c1-12(21)23-11-14-9-18(20)17(19(22)10-14)8-13-2-4-15(5-3-13)16-6-7-16/h2-5,9-10,16,22H,6-8,11H2,1H3. The maximum atomic E-state index is 14.2. The van der Waals surface area contributed by atoms with E-state index in [0.717, 1.165) is 5.56 Å². The number of esters is 1. The maximum Gasteiger partial charge on any atom is 0.302 e. The van der Waals surface area contributed by atoms with Gasteiger partial charge >= 0.3 is 5.97 Å². The second-order valence-corrected chi connectivity index (χ2v) is 6.05. The first-order chi connectivity index (χ1) is 11.0. The van der Waals surface area contributed by atoms with Gasteiger partial charge in [0.1, 0.15) is 18.2 Å². The molecule has 0 radical (unpaired) electrons. The highest BCUT2D eigenvalue weighted by atomic mass is 19.1. The van der Waals surface area contributed by atoms with Crippen molar-refractivity contribution in [3.63, 3.8) is 0 Å². The van der Waals surface area contributed by atoms with Crippen molar-refractivity contribution in [3.8, 4) is 5.75 Å². The average Bonchev–Trinajstić information content (AvgIpc) is 3.34. The Morgan fingerprint density at radius 3 is 2.48 bits per heavy atom. The van der Waals surface area contributed by atoms with Crippen LogP contribution in [-0.2, 0) is 22.6 Å². The topological polar surface area (TPSA) is 46.5 Å². The van der Waals surface area contributed by atoms with Crippen LogP contribution in [0, 0.1) is 5.82 Å². The number of halogens is 1. The third-order valence-corrected chi connectivity index (χ3v) is 4.08. The van der Waals surface area contributed by atoms with E-state index in [1.54, 1.807) is 0 Å². The predicted octanol–water partition coefficient (Wildman–Crippen LogP) is 4.06. The molecule has 0 amide bonds. The molecule has 0 saturated heterocycles. The van der Waals surface area contributed by atoms with Crippen LogP contribution in [0.5, 0.6) is 5.75 Å². The number of benzene rings is 2. The molecule has 1 fully saturated rings. The quantitative estimate of drug-likeness (QED) is 0.847. The van der Waals surface area contributed by atoms with Crippen molar-refractivity contribution in [1.29, 1.82) is 0 Å². The average molecular weight is 314 g/mol. The first kappa shape index (κ1) is 15.5. The highest BCUT2D eigenvalue weighted by Gasteiger charge is 2.23. The highest BCUT2D eigenvalue weighted by molar-refractivity contribution is 5.65. The molecule has 1 aliphatic rings. The Morgan fingerprint density at radius 2 is 1.91 bits per heavy atom. The fraction of sp³-hybridized carbons (Fsp3) is 0.316. The zero-order chi connectivity index (χ0) is 16.4. The van der Waals surface area contributed by atoms with E-state index < -0.39 is 11.8 Å². The molecule has 0 aromatic heterocycles. The molecule has 0 bridgehead atoms. The molecule has 0 spiro atoms. The number of hydrogen-bond acceptors (Lipinski definition) is 3. The van der Waals surface area contributed by atoms with Gasteiger partial charge in [0.25, 0.3) is 0 Å². The molecule has 0 aliphatic heterocycles. The third kappa shape index (κ3) is 3.89. The summed E-state index contributed by atoms with van der Waals surface area (Å²) in [6, 6.07) is 10.9. The molecule has 1 aliphatic carbocycles. The molecular weight excluding hydrogens is 295 g/mol. The van der Waals surface area contributed by atoms with Crippen LogP contribution in [0.15, 0.2) is 36.4 Å². The summed E-state index contributed by atoms with van der Waals surface area (Å²) >= 11 is 0. The number of hydrogen-bond donors (Lipinski definition) is 1. The monoisotopic (exact) mass is 314 g/mol. The van der Waals surface area contributed by atoms with Gasteiger partial charge in [-0.25, -0.2) is 4.39 Å². The molecule has 1 N–H and O–H groups in total. The van der Waals surface area contributed by atoms with Gasteiger partial charge < -0.3 is 9.84 Å². The van der Waals surface area contributed by atoms with Gasteiger partial charge in [0, 0.05) is 18.9 Å². The maximum absolute atomic E-state index is 14.2. The van der Waals surface area contributed by atoms with E-state index in [1.807, 2.05) is 12.1 Å². The number of rotatable bonds is 5. The van der Waals surface area contributed by atoms with Gasteiger partial charge in [-0.3, -0.25) is 4.79 Å². The second kappa shape index (κ2) is 6.41. The number of carbonyl (C=O) groups excluding carboxylic acids is 1. The Bertz CT molecular complexity index is 695. The zero-order valence-corrected chi connectivity index (χ0v) is 13.0. The number of aromatic hydroxyl groups is 1. The van der Waals surface area contributed by atoms with Crippen LogP contribution in [-0.4, -0.2) is 11.1 Å². The van der Waals surface area contributed by atoms with Crippen molar-refractivity contribution < 1.29 is 19.0 Å². The van der Waals surface area contributed by atoms with Crippen molar-refractivity contribution in [3.05, 3.63) is 64.5 Å². The predicted molar refractivity (Wildman–Crippen MR) is 84.8 cm³/mol. The van der Waals surface area contributed by atoms with E-state index in [0.29, 0.717) is 17.9 Å². The summed E-state index contributed by atoms with van der Waals surface area (Å²) in [6.45, 7) is 1.24. The first-order valence-electron chi connectivity index (χ1n) is 7.75. The Balaban J connectivity index is 1.75. The third-order valence-electron chi connectivity index (χ3n) is 4.08. The van der Waals surface area contributed by atoms with Gasteiger partial charge in [-0.15, -0.1) is 0 Å². The van der Waals surface area contributed by atoms with Crippen molar-refractivity contribution in [2.24, 2.45) is 0 Å². The van der Waals surface area contributed by atoms with Gasteiger partial charge in [-0.05, 0) is 47.6 Å². The Morgan fingerprint density at radius 1 is 1.22 bits per heavy atom. The van der Waals surface area contributed by atoms with Gasteiger partial charge in [-0.1, -0.05) is 24.3 Å². The van der Waals surface area contributed by atoms with Gasteiger partial charge in [0.15, 0.2) is 0 Å². The van der Waals surface area contributed by atoms with Crippen LogP contribution < -0.4 is 0 Å². The molecule has 0 unspecified atom stereocenters. The van der Waals surface area contributed by atoms with E-state index in [4.69, 9.17) is 4.74 Å². The number of phenolic OH excluding ortho intramolecular Hbond substituents is 1. The minimum absolute atomic E-state index is 0.0455. The molecule has 0 heterocycles. The highest BCUT2D eigenvalue weighted by Crippen LogP contribution is 2.40. The van der Waals surface area contributed by atoms with E-state index in [2.05, 4.69) is 12.1 Å². The molecular formula is C19H19FO3. The fourth-order valence-electron chi connectivity index (χ4n) is 2.65. The lowest BCUT2D eigenvalue weighted by Crippen LogP contribution is -2.01. The van der Waals surface area contributed by atoms with E-state index in [-0.39, 0.29) is 17.9 Å². The molecule has 1 saturated carbocycles. The summed E-state index contributed by atoms with van der Waals surface area (Å²) in [5, 5.41) is 10.1.